The predicted octanol–water partition coefficient (Wildman–Crippen LogP) is 3.91. The second kappa shape index (κ2) is 8.53. The lowest BCUT2D eigenvalue weighted by atomic mass is 9.91. The van der Waals surface area contributed by atoms with Crippen molar-refractivity contribution in [1.29, 1.82) is 0 Å². The zero-order chi connectivity index (χ0) is 16.7. The highest BCUT2D eigenvalue weighted by Crippen LogP contribution is 2.32. The van der Waals surface area contributed by atoms with E-state index in [9.17, 15) is 4.39 Å². The maximum absolute atomic E-state index is 13.1. The van der Waals surface area contributed by atoms with E-state index in [-0.39, 0.29) is 11.7 Å². The summed E-state index contributed by atoms with van der Waals surface area (Å²) in [6.45, 7) is 5.59. The molecule has 0 fully saturated rings. The van der Waals surface area contributed by atoms with Crippen LogP contribution in [0.5, 0.6) is 11.5 Å². The van der Waals surface area contributed by atoms with E-state index in [0.717, 1.165) is 29.0 Å². The molecule has 0 heterocycles. The second-order valence-electron chi connectivity index (χ2n) is 5.33. The molecule has 0 amide bonds. The summed E-state index contributed by atoms with van der Waals surface area (Å²) >= 11 is 0. The predicted molar refractivity (Wildman–Crippen MR) is 90.7 cm³/mol. The van der Waals surface area contributed by atoms with Gasteiger partial charge >= 0.3 is 0 Å². The molecule has 4 heteroatoms. The van der Waals surface area contributed by atoms with Crippen molar-refractivity contribution in [2.75, 3.05) is 19.8 Å². The van der Waals surface area contributed by atoms with Crippen LogP contribution >= 0.6 is 0 Å². The largest absolute Gasteiger partial charge is 0.494 e. The van der Waals surface area contributed by atoms with E-state index in [0.29, 0.717) is 19.8 Å². The Morgan fingerprint density at radius 1 is 1.00 bits per heavy atom. The standard InChI is InChI=1S/C19H24FNO2/c1-3-22-17-9-10-18(19(12-17)23-4-2)15(13-21)11-14-5-7-16(20)8-6-14/h5-10,12,15H,3-4,11,13,21H2,1-2H3. The number of hydrogen-bond donors (Lipinski definition) is 1. The molecule has 124 valence electrons. The Morgan fingerprint density at radius 2 is 1.70 bits per heavy atom. The van der Waals surface area contributed by atoms with Gasteiger partial charge in [-0.3, -0.25) is 0 Å². The monoisotopic (exact) mass is 317 g/mol. The molecule has 0 saturated heterocycles. The van der Waals surface area contributed by atoms with Gasteiger partial charge in [-0.25, -0.2) is 4.39 Å². The van der Waals surface area contributed by atoms with Crippen LogP contribution in [0.3, 0.4) is 0 Å². The highest BCUT2D eigenvalue weighted by molar-refractivity contribution is 5.43. The highest BCUT2D eigenvalue weighted by atomic mass is 19.1. The van der Waals surface area contributed by atoms with Crippen LogP contribution in [-0.4, -0.2) is 19.8 Å². The van der Waals surface area contributed by atoms with E-state index in [1.165, 1.54) is 12.1 Å². The number of benzene rings is 2. The van der Waals surface area contributed by atoms with E-state index < -0.39 is 0 Å². The van der Waals surface area contributed by atoms with Gasteiger partial charge in [-0.1, -0.05) is 18.2 Å². The fraction of sp³-hybridized carbons (Fsp3) is 0.368. The van der Waals surface area contributed by atoms with Gasteiger partial charge in [0.1, 0.15) is 17.3 Å². The lowest BCUT2D eigenvalue weighted by molar-refractivity contribution is 0.319. The number of hydrogen-bond acceptors (Lipinski definition) is 3. The molecule has 0 spiro atoms. The highest BCUT2D eigenvalue weighted by Gasteiger charge is 2.17. The SMILES string of the molecule is CCOc1ccc(C(CN)Cc2ccc(F)cc2)c(OCC)c1. The van der Waals surface area contributed by atoms with E-state index in [4.69, 9.17) is 15.2 Å². The number of halogens is 1. The number of ether oxygens (including phenoxy) is 2. The van der Waals surface area contributed by atoms with E-state index in [1.807, 2.05) is 32.0 Å². The molecule has 23 heavy (non-hydrogen) atoms. The summed E-state index contributed by atoms with van der Waals surface area (Å²) in [5.74, 6) is 1.47. The third kappa shape index (κ3) is 4.70. The topological polar surface area (TPSA) is 44.5 Å². The molecule has 3 nitrogen and oxygen atoms in total. The molecule has 0 aliphatic carbocycles. The van der Waals surface area contributed by atoms with Crippen LogP contribution < -0.4 is 15.2 Å². The average Bonchev–Trinajstić information content (AvgIpc) is 2.56. The average molecular weight is 317 g/mol. The normalized spacial score (nSPS) is 12.0. The van der Waals surface area contributed by atoms with E-state index in [2.05, 4.69) is 0 Å². The molecule has 2 aromatic rings. The van der Waals surface area contributed by atoms with Crippen molar-refractivity contribution in [1.82, 2.24) is 0 Å². The fourth-order valence-corrected chi connectivity index (χ4v) is 2.61. The Hall–Kier alpha value is -2.07. The van der Waals surface area contributed by atoms with Gasteiger partial charge in [0.25, 0.3) is 0 Å². The maximum atomic E-state index is 13.1. The first-order chi connectivity index (χ1) is 11.2. The van der Waals surface area contributed by atoms with Gasteiger partial charge in [0.05, 0.1) is 13.2 Å². The van der Waals surface area contributed by atoms with Crippen LogP contribution in [0.15, 0.2) is 42.5 Å². The van der Waals surface area contributed by atoms with Crippen molar-refractivity contribution >= 4 is 0 Å². The van der Waals surface area contributed by atoms with Crippen molar-refractivity contribution in [2.45, 2.75) is 26.2 Å². The number of rotatable bonds is 8. The van der Waals surface area contributed by atoms with Gasteiger partial charge in [-0.05, 0) is 56.1 Å². The summed E-state index contributed by atoms with van der Waals surface area (Å²) in [7, 11) is 0. The molecule has 0 aliphatic heterocycles. The summed E-state index contributed by atoms with van der Waals surface area (Å²) < 4.78 is 24.4. The molecule has 0 radical (unpaired) electrons. The molecule has 0 saturated carbocycles. The van der Waals surface area contributed by atoms with Crippen molar-refractivity contribution in [3.8, 4) is 11.5 Å². The van der Waals surface area contributed by atoms with Crippen LogP contribution in [0, 0.1) is 5.82 Å². The number of nitrogens with two attached hydrogens (primary N) is 1. The van der Waals surface area contributed by atoms with Gasteiger partial charge in [0.15, 0.2) is 0 Å². The molecule has 0 aliphatic rings. The molecule has 2 N–H and O–H groups in total. The summed E-state index contributed by atoms with van der Waals surface area (Å²) in [4.78, 5) is 0. The van der Waals surface area contributed by atoms with Gasteiger partial charge in [0.2, 0.25) is 0 Å². The molecule has 2 aromatic carbocycles. The van der Waals surface area contributed by atoms with Crippen molar-refractivity contribution in [2.24, 2.45) is 5.73 Å². The quantitative estimate of drug-likeness (QED) is 0.803. The Balaban J connectivity index is 2.26. The third-order valence-corrected chi connectivity index (χ3v) is 3.72. The summed E-state index contributed by atoms with van der Waals surface area (Å²) in [6.07, 6.45) is 0.741. The minimum atomic E-state index is -0.228. The maximum Gasteiger partial charge on any atom is 0.126 e. The van der Waals surface area contributed by atoms with Gasteiger partial charge in [0, 0.05) is 12.0 Å². The molecule has 0 bridgehead atoms. The van der Waals surface area contributed by atoms with Crippen LogP contribution in [0.2, 0.25) is 0 Å². The minimum Gasteiger partial charge on any atom is -0.494 e. The first kappa shape index (κ1) is 17.3. The Kier molecular flexibility index (Phi) is 6.41. The first-order valence-corrected chi connectivity index (χ1v) is 8.02. The molecule has 1 atom stereocenters. The molecule has 2 rings (SSSR count). The Bertz CT molecular complexity index is 613. The summed E-state index contributed by atoms with van der Waals surface area (Å²) in [5, 5.41) is 0. The Morgan fingerprint density at radius 3 is 2.30 bits per heavy atom. The molecular formula is C19H24FNO2. The van der Waals surface area contributed by atoms with Gasteiger partial charge < -0.3 is 15.2 Å². The Labute approximate surface area is 137 Å². The van der Waals surface area contributed by atoms with Crippen molar-refractivity contribution in [3.63, 3.8) is 0 Å². The van der Waals surface area contributed by atoms with Crippen molar-refractivity contribution < 1.29 is 13.9 Å². The summed E-state index contributed by atoms with van der Waals surface area (Å²) in [6, 6.07) is 12.4. The van der Waals surface area contributed by atoms with Crippen LogP contribution in [0.25, 0.3) is 0 Å². The lowest BCUT2D eigenvalue weighted by Gasteiger charge is -2.20. The molecule has 0 aromatic heterocycles. The zero-order valence-corrected chi connectivity index (χ0v) is 13.7. The minimum absolute atomic E-state index is 0.109. The van der Waals surface area contributed by atoms with Crippen LogP contribution in [-0.2, 0) is 6.42 Å². The van der Waals surface area contributed by atoms with Gasteiger partial charge in [-0.15, -0.1) is 0 Å². The van der Waals surface area contributed by atoms with E-state index in [1.54, 1.807) is 12.1 Å². The van der Waals surface area contributed by atoms with Crippen LogP contribution in [0.1, 0.15) is 30.9 Å². The van der Waals surface area contributed by atoms with Crippen LogP contribution in [0.4, 0.5) is 4.39 Å². The van der Waals surface area contributed by atoms with Gasteiger partial charge in [-0.2, -0.15) is 0 Å². The molecule has 1 unspecified atom stereocenters. The molecular weight excluding hydrogens is 293 g/mol. The smallest absolute Gasteiger partial charge is 0.126 e. The summed E-state index contributed by atoms with van der Waals surface area (Å²) in [5.41, 5.74) is 8.09. The first-order valence-electron chi connectivity index (χ1n) is 8.02. The fourth-order valence-electron chi connectivity index (χ4n) is 2.61. The van der Waals surface area contributed by atoms with E-state index >= 15 is 0 Å². The zero-order valence-electron chi connectivity index (χ0n) is 13.7. The third-order valence-electron chi connectivity index (χ3n) is 3.72. The second-order valence-corrected chi connectivity index (χ2v) is 5.33. The lowest BCUT2D eigenvalue weighted by Crippen LogP contribution is -2.16. The van der Waals surface area contributed by atoms with Crippen molar-refractivity contribution in [3.05, 3.63) is 59.4 Å².